The molecular formula is C13H17NO5S. The summed E-state index contributed by atoms with van der Waals surface area (Å²) in [5.41, 5.74) is 0.582. The lowest BCUT2D eigenvalue weighted by Crippen LogP contribution is -2.45. The van der Waals surface area contributed by atoms with E-state index in [-0.39, 0.29) is 11.5 Å². The topological polar surface area (TPSA) is 107 Å². The van der Waals surface area contributed by atoms with Gasteiger partial charge in [-0.3, -0.25) is 14.9 Å². The van der Waals surface area contributed by atoms with Crippen LogP contribution in [0.2, 0.25) is 0 Å². The number of benzene rings is 1. The number of aliphatic carboxylic acids is 1. The highest BCUT2D eigenvalue weighted by Crippen LogP contribution is 2.13. The van der Waals surface area contributed by atoms with Crippen LogP contribution in [0.1, 0.15) is 16.8 Å². The van der Waals surface area contributed by atoms with Gasteiger partial charge in [-0.1, -0.05) is 42.1 Å². The number of carboxylic acid groups (broad SMARTS) is 1. The summed E-state index contributed by atoms with van der Waals surface area (Å²) >= 11 is 1.05. The second-order valence-electron chi connectivity index (χ2n) is 4.05. The van der Waals surface area contributed by atoms with Crippen molar-refractivity contribution in [2.45, 2.75) is 18.7 Å². The highest BCUT2D eigenvalue weighted by atomic mass is 32.2. The first-order chi connectivity index (χ1) is 9.54. The van der Waals surface area contributed by atoms with Gasteiger partial charge in [0.15, 0.2) is 0 Å². The number of carbonyl (C=O) groups is 2. The second kappa shape index (κ2) is 8.70. The lowest BCUT2D eigenvalue weighted by atomic mass is 10.2. The van der Waals surface area contributed by atoms with Crippen LogP contribution in [0.15, 0.2) is 30.3 Å². The third-order valence-corrected chi connectivity index (χ3v) is 3.45. The van der Waals surface area contributed by atoms with Crippen LogP contribution >= 0.6 is 11.8 Å². The normalized spacial score (nSPS) is 13.7. The number of rotatable bonds is 8. The molecule has 0 aliphatic rings. The van der Waals surface area contributed by atoms with E-state index in [1.165, 1.54) is 0 Å². The molecule has 0 saturated carbocycles. The fourth-order valence-corrected chi connectivity index (χ4v) is 2.27. The van der Waals surface area contributed by atoms with E-state index in [4.69, 9.17) is 10.2 Å². The number of aliphatic hydroxyl groups is 2. The molecule has 4 N–H and O–H groups in total. The molecule has 0 aromatic heterocycles. The Bertz CT molecular complexity index is 440. The lowest BCUT2D eigenvalue weighted by Gasteiger charge is -2.17. The molecule has 0 fully saturated rings. The summed E-state index contributed by atoms with van der Waals surface area (Å²) < 4.78 is 0. The number of nitrogens with one attached hydrogen (secondary N) is 1. The predicted octanol–water partition coefficient (Wildman–Crippen LogP) is 0.304. The van der Waals surface area contributed by atoms with E-state index in [9.17, 15) is 14.7 Å². The Morgan fingerprint density at radius 1 is 1.25 bits per heavy atom. The zero-order valence-corrected chi connectivity index (χ0v) is 11.5. The Hall–Kier alpha value is -1.41. The van der Waals surface area contributed by atoms with Crippen molar-refractivity contribution < 1.29 is 24.9 Å². The third kappa shape index (κ3) is 5.70. The van der Waals surface area contributed by atoms with Crippen LogP contribution in [0.4, 0.5) is 0 Å². The third-order valence-electron chi connectivity index (χ3n) is 2.51. The van der Waals surface area contributed by atoms with Gasteiger partial charge in [0.25, 0.3) is 0 Å². The van der Waals surface area contributed by atoms with Gasteiger partial charge in [0.1, 0.15) is 12.3 Å². The molecule has 6 nitrogen and oxygen atoms in total. The fourth-order valence-electron chi connectivity index (χ4n) is 1.44. The molecule has 0 saturated heterocycles. The van der Waals surface area contributed by atoms with Crippen LogP contribution in [0, 0.1) is 0 Å². The van der Waals surface area contributed by atoms with Crippen molar-refractivity contribution in [3.8, 4) is 0 Å². The van der Waals surface area contributed by atoms with Crippen molar-refractivity contribution in [2.24, 2.45) is 0 Å². The largest absolute Gasteiger partial charge is 0.480 e. The van der Waals surface area contributed by atoms with E-state index in [1.807, 2.05) is 6.07 Å². The van der Waals surface area contributed by atoms with Crippen LogP contribution in [0.5, 0.6) is 0 Å². The summed E-state index contributed by atoms with van der Waals surface area (Å²) in [7, 11) is 0. The maximum Gasteiger partial charge on any atom is 0.323 e. The van der Waals surface area contributed by atoms with Crippen LogP contribution < -0.4 is 5.32 Å². The molecular weight excluding hydrogens is 282 g/mol. The van der Waals surface area contributed by atoms with E-state index in [0.717, 1.165) is 11.8 Å². The predicted molar refractivity (Wildman–Crippen MR) is 75.5 cm³/mol. The molecule has 0 radical (unpaired) electrons. The SMILES string of the molecule is O=C(SCCC(O)N[C@@H](CO)C(=O)O)c1ccccc1. The van der Waals surface area contributed by atoms with Crippen molar-refractivity contribution in [3.05, 3.63) is 35.9 Å². The number of aliphatic hydroxyl groups excluding tert-OH is 2. The van der Waals surface area contributed by atoms with Gasteiger partial charge in [0, 0.05) is 11.3 Å². The van der Waals surface area contributed by atoms with Crippen molar-refractivity contribution >= 4 is 22.8 Å². The summed E-state index contributed by atoms with van der Waals surface area (Å²) in [4.78, 5) is 22.4. The van der Waals surface area contributed by atoms with Crippen molar-refractivity contribution in [1.29, 1.82) is 0 Å². The van der Waals surface area contributed by atoms with Gasteiger partial charge in [-0.05, 0) is 6.42 Å². The van der Waals surface area contributed by atoms with Gasteiger partial charge >= 0.3 is 5.97 Å². The van der Waals surface area contributed by atoms with E-state index < -0.39 is 24.8 Å². The summed E-state index contributed by atoms with van der Waals surface area (Å²) in [5, 5.41) is 29.3. The average molecular weight is 299 g/mol. The van der Waals surface area contributed by atoms with Gasteiger partial charge in [-0.15, -0.1) is 0 Å². The van der Waals surface area contributed by atoms with Crippen molar-refractivity contribution in [2.75, 3.05) is 12.4 Å². The Balaban J connectivity index is 2.30. The zero-order valence-electron chi connectivity index (χ0n) is 10.7. The monoisotopic (exact) mass is 299 g/mol. The Kier molecular flexibility index (Phi) is 7.24. The zero-order chi connectivity index (χ0) is 15.0. The van der Waals surface area contributed by atoms with E-state index >= 15 is 0 Å². The maximum atomic E-state index is 11.7. The lowest BCUT2D eigenvalue weighted by molar-refractivity contribution is -0.141. The molecule has 1 aromatic carbocycles. The highest BCUT2D eigenvalue weighted by Gasteiger charge is 2.19. The molecule has 1 rings (SSSR count). The second-order valence-corrected chi connectivity index (χ2v) is 5.11. The summed E-state index contributed by atoms with van der Waals surface area (Å²) in [6, 6.07) is 7.55. The Morgan fingerprint density at radius 2 is 1.90 bits per heavy atom. The summed E-state index contributed by atoms with van der Waals surface area (Å²) in [5.74, 6) is -0.890. The minimum atomic E-state index is -1.24. The number of carbonyl (C=O) groups excluding carboxylic acids is 1. The molecule has 2 atom stereocenters. The first-order valence-corrected chi connectivity index (χ1v) is 7.03. The molecule has 0 amide bonds. The fraction of sp³-hybridized carbons (Fsp3) is 0.385. The molecule has 20 heavy (non-hydrogen) atoms. The van der Waals surface area contributed by atoms with Crippen LogP contribution in [0.3, 0.4) is 0 Å². The quantitative estimate of drug-likeness (QED) is 0.512. The van der Waals surface area contributed by atoms with Crippen LogP contribution in [-0.2, 0) is 4.79 Å². The van der Waals surface area contributed by atoms with Crippen LogP contribution in [-0.4, -0.2) is 51.0 Å². The molecule has 110 valence electrons. The molecule has 0 spiro atoms. The van der Waals surface area contributed by atoms with Gasteiger partial charge in [0.2, 0.25) is 5.12 Å². The number of hydrogen-bond donors (Lipinski definition) is 4. The Labute approximate surface area is 120 Å². The molecule has 7 heteroatoms. The van der Waals surface area contributed by atoms with E-state index in [2.05, 4.69) is 5.32 Å². The first kappa shape index (κ1) is 16.6. The van der Waals surface area contributed by atoms with Crippen LogP contribution in [0.25, 0.3) is 0 Å². The number of thioether (sulfide) groups is 1. The van der Waals surface area contributed by atoms with Gasteiger partial charge < -0.3 is 15.3 Å². The van der Waals surface area contributed by atoms with Crippen molar-refractivity contribution in [3.63, 3.8) is 0 Å². The van der Waals surface area contributed by atoms with E-state index in [1.54, 1.807) is 24.3 Å². The maximum absolute atomic E-state index is 11.7. The van der Waals surface area contributed by atoms with Gasteiger partial charge in [-0.25, -0.2) is 0 Å². The summed E-state index contributed by atoms with van der Waals surface area (Å²) in [6.07, 6.45) is -0.883. The van der Waals surface area contributed by atoms with E-state index in [0.29, 0.717) is 11.3 Å². The molecule has 0 heterocycles. The van der Waals surface area contributed by atoms with Gasteiger partial charge in [-0.2, -0.15) is 0 Å². The minimum absolute atomic E-state index is 0.102. The van der Waals surface area contributed by atoms with Crippen molar-refractivity contribution in [1.82, 2.24) is 5.32 Å². The minimum Gasteiger partial charge on any atom is -0.480 e. The molecule has 0 aliphatic heterocycles. The standard InChI is InChI=1S/C13H17NO5S/c15-8-10(12(17)18)14-11(16)6-7-20-13(19)9-4-2-1-3-5-9/h1-5,10-11,14-16H,6-8H2,(H,17,18)/t10-,11?/m0/s1. The molecule has 1 aromatic rings. The first-order valence-electron chi connectivity index (χ1n) is 6.04. The molecule has 0 bridgehead atoms. The van der Waals surface area contributed by atoms with Gasteiger partial charge in [0.05, 0.1) is 6.61 Å². The average Bonchev–Trinajstić information content (AvgIpc) is 2.45. The molecule has 0 aliphatic carbocycles. The smallest absolute Gasteiger partial charge is 0.323 e. The summed E-state index contributed by atoms with van der Waals surface area (Å²) in [6.45, 7) is -0.609. The number of hydrogen-bond acceptors (Lipinski definition) is 6. The Morgan fingerprint density at radius 3 is 2.45 bits per heavy atom. The number of carboxylic acids is 1. The highest BCUT2D eigenvalue weighted by molar-refractivity contribution is 8.14. The molecule has 1 unspecified atom stereocenters.